The number of carbonyl (C=O) groups is 1. The van der Waals surface area contributed by atoms with Crippen LogP contribution in [0.2, 0.25) is 5.02 Å². The normalized spacial score (nSPS) is 10.6. The largest absolute Gasteiger partial charge is 0.545 e. The summed E-state index contributed by atoms with van der Waals surface area (Å²) in [5.74, 6) is -1.33. The molecule has 0 unspecified atom stereocenters. The van der Waals surface area contributed by atoms with Crippen molar-refractivity contribution in [1.82, 2.24) is 4.98 Å². The molecule has 0 spiro atoms. The average molecular weight is 266 g/mol. The minimum Gasteiger partial charge on any atom is -0.545 e. The molecule has 0 aliphatic heterocycles. The molecule has 0 radical (unpaired) electrons. The molecule has 0 amide bonds. The minimum atomic E-state index is -1.33. The number of hydrogen-bond acceptors (Lipinski definition) is 5. The molecule has 1 aromatic carbocycles. The third-order valence-corrected chi connectivity index (χ3v) is 2.70. The molecule has 1 heterocycles. The molecule has 2 rings (SSSR count). The van der Waals surface area contributed by atoms with Crippen molar-refractivity contribution in [3.63, 3.8) is 0 Å². The van der Waals surface area contributed by atoms with Crippen molar-refractivity contribution in [3.8, 4) is 0 Å². The number of aliphatic hydroxyl groups is 1. The smallest absolute Gasteiger partial charge is 0.0751 e. The number of aliphatic hydroxyl groups excluding tert-OH is 1. The number of aromatic carboxylic acids is 1. The first kappa shape index (κ1) is 12.6. The summed E-state index contributed by atoms with van der Waals surface area (Å²) in [7, 11) is 0. The number of fused-ring (bicyclic) bond motifs is 1. The van der Waals surface area contributed by atoms with Gasteiger partial charge in [-0.05, 0) is 18.2 Å². The lowest BCUT2D eigenvalue weighted by Gasteiger charge is -2.14. The molecule has 0 aliphatic rings. The molecule has 18 heavy (non-hydrogen) atoms. The number of nitrogens with zero attached hydrogens (tertiary/aromatic N) is 1. The summed E-state index contributed by atoms with van der Waals surface area (Å²) in [6.07, 6.45) is 1.23. The highest BCUT2D eigenvalue weighted by Gasteiger charge is 2.09. The summed E-state index contributed by atoms with van der Waals surface area (Å²) in [5, 5.41) is 23.7. The Morgan fingerprint density at radius 3 is 2.94 bits per heavy atom. The van der Waals surface area contributed by atoms with Gasteiger partial charge in [0.1, 0.15) is 0 Å². The molecule has 0 saturated heterocycles. The lowest BCUT2D eigenvalue weighted by atomic mass is 10.1. The number of benzene rings is 1. The van der Waals surface area contributed by atoms with Crippen LogP contribution in [0.4, 0.5) is 5.69 Å². The molecule has 1 aromatic heterocycles. The molecular formula is C12H10ClN2O3-. The highest BCUT2D eigenvalue weighted by Crippen LogP contribution is 2.28. The topological polar surface area (TPSA) is 85.3 Å². The number of anilines is 1. The van der Waals surface area contributed by atoms with E-state index in [0.717, 1.165) is 0 Å². The quantitative estimate of drug-likeness (QED) is 0.848. The third kappa shape index (κ3) is 2.37. The van der Waals surface area contributed by atoms with Crippen molar-refractivity contribution >= 4 is 34.2 Å². The van der Waals surface area contributed by atoms with Crippen molar-refractivity contribution in [1.29, 1.82) is 0 Å². The number of carbonyl (C=O) groups excluding carboxylic acids is 1. The highest BCUT2D eigenvalue weighted by atomic mass is 35.5. The van der Waals surface area contributed by atoms with Crippen LogP contribution in [0.3, 0.4) is 0 Å². The highest BCUT2D eigenvalue weighted by molar-refractivity contribution is 6.31. The van der Waals surface area contributed by atoms with E-state index < -0.39 is 5.97 Å². The van der Waals surface area contributed by atoms with E-state index in [1.807, 2.05) is 0 Å². The molecular weight excluding hydrogens is 256 g/mol. The predicted octanol–water partition coefficient (Wildman–Crippen LogP) is 0.656. The summed E-state index contributed by atoms with van der Waals surface area (Å²) in [6.45, 7) is 0.114. The summed E-state index contributed by atoms with van der Waals surface area (Å²) in [5.41, 5.74) is 0.916. The van der Waals surface area contributed by atoms with Crippen LogP contribution in [0.25, 0.3) is 10.9 Å². The van der Waals surface area contributed by atoms with Gasteiger partial charge < -0.3 is 20.3 Å². The number of pyridine rings is 1. The summed E-state index contributed by atoms with van der Waals surface area (Å²) in [6, 6.07) is 4.99. The molecule has 0 fully saturated rings. The second kappa shape index (κ2) is 5.20. The van der Waals surface area contributed by atoms with Crippen LogP contribution in [-0.4, -0.2) is 29.2 Å². The molecule has 0 bridgehead atoms. The van der Waals surface area contributed by atoms with Gasteiger partial charge in [0.15, 0.2) is 0 Å². The fourth-order valence-corrected chi connectivity index (χ4v) is 1.86. The Labute approximate surface area is 108 Å². The van der Waals surface area contributed by atoms with Crippen molar-refractivity contribution in [2.75, 3.05) is 18.5 Å². The van der Waals surface area contributed by atoms with Crippen LogP contribution in [0.1, 0.15) is 10.4 Å². The molecule has 6 heteroatoms. The van der Waals surface area contributed by atoms with Gasteiger partial charge in [0.2, 0.25) is 0 Å². The van der Waals surface area contributed by atoms with Crippen LogP contribution >= 0.6 is 11.6 Å². The van der Waals surface area contributed by atoms with Crippen molar-refractivity contribution in [3.05, 3.63) is 35.0 Å². The van der Waals surface area contributed by atoms with Gasteiger partial charge in [0.25, 0.3) is 0 Å². The van der Waals surface area contributed by atoms with E-state index in [4.69, 9.17) is 16.7 Å². The molecule has 2 aromatic rings. The van der Waals surface area contributed by atoms with Gasteiger partial charge in [-0.3, -0.25) is 4.98 Å². The number of nitrogens with one attached hydrogen (secondary N) is 1. The predicted molar refractivity (Wildman–Crippen MR) is 66.7 cm³/mol. The fraction of sp³-hybridized carbons (Fsp3) is 0.167. The standard InChI is InChI=1S/C12H11ClN2O3/c13-7-1-2-10-8(5-7)11(14-3-4-16)9(6-15-10)12(17)18/h1-2,5-6,16H,3-4H2,(H,14,15)(H,17,18)/p-1. The number of rotatable bonds is 4. The molecule has 2 N–H and O–H groups in total. The van der Waals surface area contributed by atoms with Gasteiger partial charge in [-0.1, -0.05) is 11.6 Å². The van der Waals surface area contributed by atoms with Crippen LogP contribution in [0.15, 0.2) is 24.4 Å². The first-order chi connectivity index (χ1) is 8.63. The molecule has 94 valence electrons. The second-order valence-electron chi connectivity index (χ2n) is 3.65. The van der Waals surface area contributed by atoms with E-state index in [1.54, 1.807) is 18.2 Å². The van der Waals surface area contributed by atoms with Crippen molar-refractivity contribution < 1.29 is 15.0 Å². The SMILES string of the molecule is O=C([O-])c1cnc2ccc(Cl)cc2c1NCCO. The fourth-order valence-electron chi connectivity index (χ4n) is 1.69. The lowest BCUT2D eigenvalue weighted by molar-refractivity contribution is -0.254. The maximum Gasteiger partial charge on any atom is 0.0751 e. The Bertz CT molecular complexity index is 601. The maximum absolute atomic E-state index is 11.0. The Kier molecular flexibility index (Phi) is 3.64. The number of hydrogen-bond donors (Lipinski definition) is 2. The zero-order valence-electron chi connectivity index (χ0n) is 9.31. The Balaban J connectivity index is 2.66. The summed E-state index contributed by atoms with van der Waals surface area (Å²) >= 11 is 5.89. The number of carboxylic acids is 1. The second-order valence-corrected chi connectivity index (χ2v) is 4.08. The van der Waals surface area contributed by atoms with Gasteiger partial charge in [-0.2, -0.15) is 0 Å². The van der Waals surface area contributed by atoms with Gasteiger partial charge in [-0.15, -0.1) is 0 Å². The van der Waals surface area contributed by atoms with Crippen LogP contribution in [0.5, 0.6) is 0 Å². The lowest BCUT2D eigenvalue weighted by Crippen LogP contribution is -2.24. The van der Waals surface area contributed by atoms with Crippen molar-refractivity contribution in [2.45, 2.75) is 0 Å². The monoisotopic (exact) mass is 265 g/mol. The van der Waals surface area contributed by atoms with Gasteiger partial charge in [0, 0.05) is 28.7 Å². The Morgan fingerprint density at radius 1 is 1.50 bits per heavy atom. The van der Waals surface area contributed by atoms with E-state index in [0.29, 0.717) is 21.6 Å². The van der Waals surface area contributed by atoms with Crippen LogP contribution in [-0.2, 0) is 0 Å². The van der Waals surface area contributed by atoms with Gasteiger partial charge in [0.05, 0.1) is 23.8 Å². The number of halogens is 1. The van der Waals surface area contributed by atoms with Gasteiger partial charge in [-0.25, -0.2) is 0 Å². The van der Waals surface area contributed by atoms with Crippen LogP contribution in [0, 0.1) is 0 Å². The number of aromatic nitrogens is 1. The zero-order chi connectivity index (χ0) is 13.1. The van der Waals surface area contributed by atoms with E-state index in [2.05, 4.69) is 10.3 Å². The first-order valence-electron chi connectivity index (χ1n) is 5.28. The zero-order valence-corrected chi connectivity index (χ0v) is 10.1. The molecule has 0 saturated carbocycles. The minimum absolute atomic E-state index is 0.0572. The van der Waals surface area contributed by atoms with E-state index in [-0.39, 0.29) is 18.7 Å². The van der Waals surface area contributed by atoms with E-state index >= 15 is 0 Å². The first-order valence-corrected chi connectivity index (χ1v) is 5.65. The van der Waals surface area contributed by atoms with Crippen molar-refractivity contribution in [2.24, 2.45) is 0 Å². The van der Waals surface area contributed by atoms with Crippen LogP contribution < -0.4 is 10.4 Å². The van der Waals surface area contributed by atoms with Gasteiger partial charge >= 0.3 is 0 Å². The third-order valence-electron chi connectivity index (χ3n) is 2.46. The van der Waals surface area contributed by atoms with E-state index in [9.17, 15) is 9.90 Å². The number of carboxylic acid groups (broad SMARTS) is 1. The Morgan fingerprint density at radius 2 is 2.28 bits per heavy atom. The Hall–Kier alpha value is -1.85. The summed E-state index contributed by atoms with van der Waals surface area (Å²) < 4.78 is 0. The molecule has 0 aliphatic carbocycles. The summed E-state index contributed by atoms with van der Waals surface area (Å²) in [4.78, 5) is 15.1. The van der Waals surface area contributed by atoms with E-state index in [1.165, 1.54) is 6.20 Å². The maximum atomic E-state index is 11.0. The molecule has 0 atom stereocenters. The molecule has 5 nitrogen and oxygen atoms in total. The average Bonchev–Trinajstić information content (AvgIpc) is 2.35.